The molecule has 0 bridgehead atoms. The van der Waals surface area contributed by atoms with E-state index in [1.54, 1.807) is 4.90 Å². The van der Waals surface area contributed by atoms with Crippen LogP contribution in [0.15, 0.2) is 60.7 Å². The lowest BCUT2D eigenvalue weighted by atomic mass is 10.2. The maximum atomic E-state index is 12.8. The fraction of sp³-hybridized carbons (Fsp3) is 0.440. The lowest BCUT2D eigenvalue weighted by molar-refractivity contribution is -0.140. The lowest BCUT2D eigenvalue weighted by Crippen LogP contribution is -2.42. The van der Waals surface area contributed by atoms with Gasteiger partial charge < -0.3 is 25.0 Å². The Morgan fingerprint density at radius 3 is 2.06 bits per heavy atom. The zero-order valence-electron chi connectivity index (χ0n) is 19.1. The van der Waals surface area contributed by atoms with Gasteiger partial charge in [0.05, 0.1) is 0 Å². The van der Waals surface area contributed by atoms with E-state index in [-0.39, 0.29) is 31.2 Å². The quantitative estimate of drug-likeness (QED) is 0.438. The number of carbonyl (C=O) groups excluding carboxylic acids is 2. The lowest BCUT2D eigenvalue weighted by Gasteiger charge is -2.26. The molecule has 0 saturated carbocycles. The highest BCUT2D eigenvalue weighted by Crippen LogP contribution is 2.09. The van der Waals surface area contributed by atoms with Crippen LogP contribution in [-0.2, 0) is 27.4 Å². The third kappa shape index (κ3) is 9.94. The van der Waals surface area contributed by atoms with Gasteiger partial charge in [0.1, 0.15) is 0 Å². The number of nitrogens with zero attached hydrogens (tertiary/aromatic N) is 1. The molecule has 174 valence electrons. The molecule has 0 spiro atoms. The number of rotatable bonds is 14. The summed E-state index contributed by atoms with van der Waals surface area (Å²) in [6, 6.07) is 19.3. The molecule has 2 rings (SSSR count). The first-order valence-electron chi connectivity index (χ1n) is 11.2. The van der Waals surface area contributed by atoms with Gasteiger partial charge in [0, 0.05) is 52.2 Å². The van der Waals surface area contributed by atoms with Crippen LogP contribution in [0.25, 0.3) is 0 Å². The summed E-state index contributed by atoms with van der Waals surface area (Å²) in [7, 11) is 0. The summed E-state index contributed by atoms with van der Waals surface area (Å²) in [6.45, 7) is 6.63. The van der Waals surface area contributed by atoms with Crippen LogP contribution < -0.4 is 10.6 Å². The molecule has 0 aliphatic carbocycles. The monoisotopic (exact) mass is 441 g/mol. The second-order valence-corrected chi connectivity index (χ2v) is 7.28. The molecule has 0 unspecified atom stereocenters. The molecule has 2 N–H and O–H groups in total. The van der Waals surface area contributed by atoms with E-state index >= 15 is 0 Å². The molecule has 0 aliphatic rings. The van der Waals surface area contributed by atoms with Gasteiger partial charge in [0.25, 0.3) is 0 Å². The predicted molar refractivity (Wildman–Crippen MR) is 125 cm³/mol. The van der Waals surface area contributed by atoms with Gasteiger partial charge in [-0.3, -0.25) is 4.79 Å². The van der Waals surface area contributed by atoms with Gasteiger partial charge in [0.15, 0.2) is 6.29 Å². The van der Waals surface area contributed by atoms with Crippen molar-refractivity contribution < 1.29 is 19.1 Å². The maximum absolute atomic E-state index is 12.8. The number of amides is 3. The number of hydrogen-bond donors (Lipinski definition) is 2. The molecule has 2 aromatic carbocycles. The van der Waals surface area contributed by atoms with E-state index in [0.717, 1.165) is 11.1 Å². The van der Waals surface area contributed by atoms with Crippen molar-refractivity contribution in [2.75, 3.05) is 26.3 Å². The van der Waals surface area contributed by atoms with Crippen LogP contribution in [0.4, 0.5) is 4.79 Å². The van der Waals surface area contributed by atoms with Crippen LogP contribution in [0, 0.1) is 0 Å². The van der Waals surface area contributed by atoms with Crippen molar-refractivity contribution in [3.63, 3.8) is 0 Å². The summed E-state index contributed by atoms with van der Waals surface area (Å²) >= 11 is 0. The first-order chi connectivity index (χ1) is 15.6. The number of ether oxygens (including phenoxy) is 2. The fourth-order valence-electron chi connectivity index (χ4n) is 3.18. The average Bonchev–Trinajstić information content (AvgIpc) is 2.81. The van der Waals surface area contributed by atoms with E-state index in [1.165, 1.54) is 0 Å². The molecule has 7 nitrogen and oxygen atoms in total. The van der Waals surface area contributed by atoms with E-state index < -0.39 is 0 Å². The Bertz CT molecular complexity index is 780. The van der Waals surface area contributed by atoms with Crippen molar-refractivity contribution in [3.05, 3.63) is 71.8 Å². The Kier molecular flexibility index (Phi) is 11.9. The van der Waals surface area contributed by atoms with E-state index in [4.69, 9.17) is 9.47 Å². The van der Waals surface area contributed by atoms with Crippen LogP contribution in [0.1, 0.15) is 37.8 Å². The Balaban J connectivity index is 1.83. The minimum Gasteiger partial charge on any atom is -0.353 e. The topological polar surface area (TPSA) is 79.9 Å². The number of hydrogen-bond acceptors (Lipinski definition) is 4. The summed E-state index contributed by atoms with van der Waals surface area (Å²) < 4.78 is 11.2. The summed E-state index contributed by atoms with van der Waals surface area (Å²) in [4.78, 5) is 26.7. The predicted octanol–water partition coefficient (Wildman–Crippen LogP) is 3.69. The normalized spacial score (nSPS) is 10.7. The molecular weight excluding hydrogens is 406 g/mol. The van der Waals surface area contributed by atoms with Crippen LogP contribution in [-0.4, -0.2) is 49.4 Å². The van der Waals surface area contributed by atoms with Gasteiger partial charge in [-0.2, -0.15) is 0 Å². The van der Waals surface area contributed by atoms with E-state index in [2.05, 4.69) is 10.6 Å². The van der Waals surface area contributed by atoms with E-state index in [9.17, 15) is 9.59 Å². The molecule has 0 fully saturated rings. The van der Waals surface area contributed by atoms with Gasteiger partial charge in [-0.05, 0) is 25.0 Å². The Morgan fingerprint density at radius 2 is 1.47 bits per heavy atom. The molecule has 0 heterocycles. The summed E-state index contributed by atoms with van der Waals surface area (Å²) in [5.41, 5.74) is 2.07. The highest BCUT2D eigenvalue weighted by atomic mass is 16.7. The second kappa shape index (κ2) is 15.0. The molecule has 0 atom stereocenters. The van der Waals surface area contributed by atoms with Crippen LogP contribution in [0.5, 0.6) is 0 Å². The molecular formula is C25H35N3O4. The number of urea groups is 1. The smallest absolute Gasteiger partial charge is 0.317 e. The molecule has 0 saturated heterocycles. The van der Waals surface area contributed by atoms with E-state index in [1.807, 2.05) is 74.5 Å². The van der Waals surface area contributed by atoms with Gasteiger partial charge in [0.2, 0.25) is 5.91 Å². The Labute approximate surface area is 191 Å². The summed E-state index contributed by atoms with van der Waals surface area (Å²) in [6.07, 6.45) is 0.442. The van der Waals surface area contributed by atoms with Gasteiger partial charge in [-0.25, -0.2) is 4.79 Å². The Hall–Kier alpha value is -2.90. The first-order valence-corrected chi connectivity index (χ1v) is 11.2. The fourth-order valence-corrected chi connectivity index (χ4v) is 3.18. The molecule has 0 radical (unpaired) electrons. The third-order valence-corrected chi connectivity index (χ3v) is 4.80. The zero-order valence-corrected chi connectivity index (χ0v) is 19.1. The second-order valence-electron chi connectivity index (χ2n) is 7.28. The van der Waals surface area contributed by atoms with Crippen molar-refractivity contribution in [2.45, 2.75) is 46.1 Å². The first kappa shape index (κ1) is 25.4. The van der Waals surface area contributed by atoms with Gasteiger partial charge in [-0.1, -0.05) is 60.7 Å². The van der Waals surface area contributed by atoms with Crippen molar-refractivity contribution in [3.8, 4) is 0 Å². The largest absolute Gasteiger partial charge is 0.353 e. The molecule has 2 aromatic rings. The van der Waals surface area contributed by atoms with Crippen LogP contribution in [0.2, 0.25) is 0 Å². The van der Waals surface area contributed by atoms with Crippen molar-refractivity contribution >= 4 is 11.9 Å². The summed E-state index contributed by atoms with van der Waals surface area (Å²) in [5, 5.41) is 5.74. The van der Waals surface area contributed by atoms with Crippen molar-refractivity contribution in [1.29, 1.82) is 0 Å². The average molecular weight is 442 g/mol. The minimum absolute atomic E-state index is 0.100. The molecule has 32 heavy (non-hydrogen) atoms. The standard InChI is InChI=1S/C25H35N3O4/c1-3-31-24(32-4-2)16-18-28(20-22-13-9-6-10-14-22)25(30)26-17-15-23(29)27-19-21-11-7-5-8-12-21/h5-14,24H,3-4,15-20H2,1-2H3,(H,26,30)(H,27,29). The molecule has 7 heteroatoms. The zero-order chi connectivity index (χ0) is 23.0. The third-order valence-electron chi connectivity index (χ3n) is 4.80. The number of carbonyl (C=O) groups is 2. The SMILES string of the molecule is CCOC(CCN(Cc1ccccc1)C(=O)NCCC(=O)NCc1ccccc1)OCC. The highest BCUT2D eigenvalue weighted by molar-refractivity contribution is 5.78. The van der Waals surface area contributed by atoms with Crippen LogP contribution >= 0.6 is 0 Å². The number of nitrogens with one attached hydrogen (secondary N) is 2. The van der Waals surface area contributed by atoms with E-state index in [0.29, 0.717) is 39.3 Å². The van der Waals surface area contributed by atoms with Crippen molar-refractivity contribution in [2.24, 2.45) is 0 Å². The Morgan fingerprint density at radius 1 is 0.875 bits per heavy atom. The maximum Gasteiger partial charge on any atom is 0.317 e. The van der Waals surface area contributed by atoms with Gasteiger partial charge in [-0.15, -0.1) is 0 Å². The minimum atomic E-state index is -0.347. The number of benzene rings is 2. The molecule has 0 aromatic heterocycles. The summed E-state index contributed by atoms with van der Waals surface area (Å²) in [5.74, 6) is -0.100. The molecule has 0 aliphatic heterocycles. The van der Waals surface area contributed by atoms with Crippen LogP contribution in [0.3, 0.4) is 0 Å². The van der Waals surface area contributed by atoms with Crippen molar-refractivity contribution in [1.82, 2.24) is 15.5 Å². The van der Waals surface area contributed by atoms with Gasteiger partial charge >= 0.3 is 6.03 Å². The molecule has 3 amide bonds. The highest BCUT2D eigenvalue weighted by Gasteiger charge is 2.17.